The van der Waals surface area contributed by atoms with Gasteiger partial charge < -0.3 is 14.2 Å². The summed E-state index contributed by atoms with van der Waals surface area (Å²) < 4.78 is 9.13. The van der Waals surface area contributed by atoms with Crippen LogP contribution in [0.15, 0.2) is 144 Å². The van der Waals surface area contributed by atoms with Crippen molar-refractivity contribution in [2.75, 3.05) is 9.80 Å². The summed E-state index contributed by atoms with van der Waals surface area (Å²) in [6.07, 6.45) is 2.13. The van der Waals surface area contributed by atoms with Gasteiger partial charge in [0.2, 0.25) is 0 Å². The molecule has 5 heteroatoms. The highest BCUT2D eigenvalue weighted by molar-refractivity contribution is 7.33. The van der Waals surface area contributed by atoms with Crippen LogP contribution in [0.3, 0.4) is 0 Å². The van der Waals surface area contributed by atoms with E-state index in [4.69, 9.17) is 4.42 Å². The molecule has 2 aliphatic rings. The second kappa shape index (κ2) is 15.2. The van der Waals surface area contributed by atoms with Crippen LogP contribution in [0.25, 0.3) is 43.2 Å². The lowest BCUT2D eigenvalue weighted by Crippen LogP contribution is -2.60. The topological polar surface area (TPSA) is 19.6 Å². The van der Waals surface area contributed by atoms with Crippen LogP contribution in [0, 0.1) is 0 Å². The highest BCUT2D eigenvalue weighted by atomic mass is 32.1. The molecular formula is C62H63BN2OS. The largest absolute Gasteiger partial charge is 0.456 e. The lowest BCUT2D eigenvalue weighted by atomic mass is 9.36. The van der Waals surface area contributed by atoms with Crippen LogP contribution >= 0.6 is 11.3 Å². The molecule has 0 N–H and O–H groups in total. The van der Waals surface area contributed by atoms with Gasteiger partial charge in [0.15, 0.2) is 0 Å². The number of rotatable bonds is 7. The van der Waals surface area contributed by atoms with Crippen molar-refractivity contribution in [1.82, 2.24) is 0 Å². The molecule has 0 amide bonds. The lowest BCUT2D eigenvalue weighted by Gasteiger charge is -2.44. The molecule has 2 aliphatic heterocycles. The van der Waals surface area contributed by atoms with Crippen LogP contribution < -0.4 is 25.5 Å². The average molecular weight is 895 g/mol. The summed E-state index contributed by atoms with van der Waals surface area (Å²) >= 11 is 1.99. The zero-order valence-electron chi connectivity index (χ0n) is 41.5. The molecule has 0 aliphatic carbocycles. The predicted molar refractivity (Wildman–Crippen MR) is 293 cm³/mol. The van der Waals surface area contributed by atoms with Crippen molar-refractivity contribution in [1.29, 1.82) is 0 Å². The van der Waals surface area contributed by atoms with Gasteiger partial charge in [-0.1, -0.05) is 150 Å². The van der Waals surface area contributed by atoms with Crippen molar-refractivity contribution >= 4 is 99.9 Å². The summed E-state index contributed by atoms with van der Waals surface area (Å²) in [5, 5.41) is 3.61. The van der Waals surface area contributed by atoms with Gasteiger partial charge in [0, 0.05) is 53.9 Å². The Morgan fingerprint density at radius 1 is 0.493 bits per heavy atom. The number of para-hydroxylation sites is 1. The Morgan fingerprint density at radius 3 is 1.82 bits per heavy atom. The molecule has 0 fully saturated rings. The van der Waals surface area contributed by atoms with Crippen LogP contribution in [-0.2, 0) is 21.7 Å². The fraction of sp³-hybridized carbons (Fsp3) is 0.290. The van der Waals surface area contributed by atoms with Crippen molar-refractivity contribution in [3.63, 3.8) is 0 Å². The number of thiophene rings is 1. The van der Waals surface area contributed by atoms with Gasteiger partial charge in [-0.3, -0.25) is 0 Å². The molecule has 3 nitrogen and oxygen atoms in total. The minimum absolute atomic E-state index is 0.00126. The van der Waals surface area contributed by atoms with E-state index in [0.29, 0.717) is 0 Å². The summed E-state index contributed by atoms with van der Waals surface area (Å²) in [5.41, 5.74) is 19.8. The van der Waals surface area contributed by atoms with E-state index < -0.39 is 0 Å². The van der Waals surface area contributed by atoms with E-state index in [2.05, 4.69) is 232 Å². The van der Waals surface area contributed by atoms with E-state index in [1.807, 2.05) is 11.3 Å². The molecule has 11 rings (SSSR count). The Kier molecular flexibility index (Phi) is 9.90. The van der Waals surface area contributed by atoms with Crippen LogP contribution in [0.1, 0.15) is 118 Å². The van der Waals surface area contributed by atoms with Gasteiger partial charge in [0.05, 0.1) is 11.4 Å². The monoisotopic (exact) mass is 894 g/mol. The van der Waals surface area contributed by atoms with E-state index in [9.17, 15) is 0 Å². The highest BCUT2D eigenvalue weighted by Crippen LogP contribution is 2.51. The molecule has 0 saturated carbocycles. The Bertz CT molecular complexity index is 3430. The molecule has 7 aromatic carbocycles. The van der Waals surface area contributed by atoms with Gasteiger partial charge in [0.1, 0.15) is 11.2 Å². The second-order valence-corrected chi connectivity index (χ2v) is 23.8. The number of anilines is 6. The molecule has 2 aromatic heterocycles. The number of hydrogen-bond acceptors (Lipinski definition) is 4. The molecule has 0 bridgehead atoms. The van der Waals surface area contributed by atoms with Crippen molar-refractivity contribution < 1.29 is 4.42 Å². The van der Waals surface area contributed by atoms with Crippen LogP contribution in [0.2, 0.25) is 0 Å². The van der Waals surface area contributed by atoms with Crippen LogP contribution in [-0.4, -0.2) is 6.71 Å². The fourth-order valence-electron chi connectivity index (χ4n) is 10.6. The van der Waals surface area contributed by atoms with Gasteiger partial charge >= 0.3 is 0 Å². The number of furan rings is 1. The van der Waals surface area contributed by atoms with E-state index in [-0.39, 0.29) is 28.4 Å². The number of fused-ring (bicyclic) bond motifs is 9. The van der Waals surface area contributed by atoms with Crippen molar-refractivity contribution in [2.24, 2.45) is 0 Å². The molecule has 0 spiro atoms. The molecular weight excluding hydrogens is 832 g/mol. The second-order valence-electron chi connectivity index (χ2n) is 22.7. The maximum Gasteiger partial charge on any atom is 0.264 e. The third-order valence-electron chi connectivity index (χ3n) is 15.7. The lowest BCUT2D eigenvalue weighted by molar-refractivity contribution is 0.506. The zero-order valence-corrected chi connectivity index (χ0v) is 42.3. The van der Waals surface area contributed by atoms with Gasteiger partial charge in [-0.15, -0.1) is 11.3 Å². The Hall–Kier alpha value is -6.04. The average Bonchev–Trinajstić information content (AvgIpc) is 3.88. The summed E-state index contributed by atoms with van der Waals surface area (Å²) in [6.45, 7) is 28.1. The fourth-order valence-corrected chi connectivity index (χ4v) is 11.9. The molecule has 0 atom stereocenters. The molecule has 0 saturated heterocycles. The maximum absolute atomic E-state index is 6.39. The molecule has 67 heavy (non-hydrogen) atoms. The Morgan fingerprint density at radius 2 is 1.10 bits per heavy atom. The SMILES string of the molecule is CCC(C)(C)c1ccc(N2c3cccc4c3B(c3cc(C(C)(C)CC)ccc3N4c3ccc(C(C)(C)C)cc3-c3ccc4oc5ccccc5c4c3)c3sc4ccc(C(C)(C)C)cc4c32)cc1. The van der Waals surface area contributed by atoms with Crippen LogP contribution in [0.5, 0.6) is 0 Å². The van der Waals surface area contributed by atoms with Gasteiger partial charge in [-0.2, -0.15) is 0 Å². The molecule has 9 aromatic rings. The summed E-state index contributed by atoms with van der Waals surface area (Å²) in [4.78, 5) is 5.22. The van der Waals surface area contributed by atoms with Crippen molar-refractivity contribution in [3.05, 3.63) is 162 Å². The zero-order chi connectivity index (χ0) is 46.9. The van der Waals surface area contributed by atoms with Crippen molar-refractivity contribution in [2.45, 2.75) is 118 Å². The maximum atomic E-state index is 6.39. The summed E-state index contributed by atoms with van der Waals surface area (Å²) in [6, 6.07) is 53.7. The minimum Gasteiger partial charge on any atom is -0.456 e. The first-order valence-electron chi connectivity index (χ1n) is 24.5. The van der Waals surface area contributed by atoms with E-state index in [0.717, 1.165) is 34.8 Å². The number of benzene rings is 7. The quantitative estimate of drug-likeness (QED) is 0.149. The van der Waals surface area contributed by atoms with Crippen LogP contribution in [0.4, 0.5) is 34.1 Å². The first-order chi connectivity index (χ1) is 31.9. The van der Waals surface area contributed by atoms with E-state index >= 15 is 0 Å². The normalized spacial score (nSPS) is 14.0. The summed E-state index contributed by atoms with van der Waals surface area (Å²) in [5.74, 6) is 0. The predicted octanol–water partition coefficient (Wildman–Crippen LogP) is 16.5. The van der Waals surface area contributed by atoms with Gasteiger partial charge in [-0.25, -0.2) is 0 Å². The summed E-state index contributed by atoms with van der Waals surface area (Å²) in [7, 11) is 0. The Balaban J connectivity index is 1.22. The van der Waals surface area contributed by atoms with E-state index in [1.54, 1.807) is 0 Å². The van der Waals surface area contributed by atoms with E-state index in [1.165, 1.54) is 93.3 Å². The van der Waals surface area contributed by atoms with Gasteiger partial charge in [-0.05, 0) is 146 Å². The highest BCUT2D eigenvalue weighted by Gasteiger charge is 2.46. The molecule has 0 radical (unpaired) electrons. The number of nitrogens with zero attached hydrogens (tertiary/aromatic N) is 2. The molecule has 0 unspecified atom stereocenters. The van der Waals surface area contributed by atoms with Crippen molar-refractivity contribution in [3.8, 4) is 11.1 Å². The van der Waals surface area contributed by atoms with Gasteiger partial charge in [0.25, 0.3) is 6.71 Å². The molecule has 336 valence electrons. The first-order valence-corrected chi connectivity index (χ1v) is 25.3. The third-order valence-corrected chi connectivity index (χ3v) is 16.9. The standard InChI is InChI=1S/C62H63BN2OS/c1-13-61(9,10)39-23-28-43(29-24-39)64-51-19-17-20-52-56(51)63(58-57(64)47-36-41(60(6,7)8)27-33-55(47)67-58)48-37-42(62(11,12)14-2)26-31-50(48)65(52)49-30-25-40(59(3,4)5)35-45(49)38-22-32-54-46(34-38)44-18-15-16-21-53(44)66-54/h15-37H,13-14H2,1-12H3. The number of hydrogen-bond donors (Lipinski definition) is 0. The molecule has 4 heterocycles. The first kappa shape index (κ1) is 43.5. The smallest absolute Gasteiger partial charge is 0.264 e. The minimum atomic E-state index is -0.0516. The Labute approximate surface area is 402 Å². The third kappa shape index (κ3) is 6.89.